The van der Waals surface area contributed by atoms with Gasteiger partial charge in [-0.05, 0) is 24.8 Å². The van der Waals surface area contributed by atoms with Crippen LogP contribution in [0.25, 0.3) is 0 Å². The molecule has 0 amide bonds. The second-order valence-corrected chi connectivity index (χ2v) is 4.59. The Morgan fingerprint density at radius 1 is 1.44 bits per heavy atom. The molecule has 3 N–H and O–H groups in total. The Morgan fingerprint density at radius 3 is 2.61 bits per heavy atom. The van der Waals surface area contributed by atoms with Crippen LogP contribution in [0, 0.1) is 11.7 Å². The van der Waals surface area contributed by atoms with Gasteiger partial charge in [0.15, 0.2) is 0 Å². The quantitative estimate of drug-likeness (QED) is 0.887. The number of nitrogens with two attached hydrogens (primary N) is 1. The summed E-state index contributed by atoms with van der Waals surface area (Å²) in [5.74, 6) is 0.298. The van der Waals surface area contributed by atoms with E-state index in [-0.39, 0.29) is 24.1 Å². The van der Waals surface area contributed by atoms with Crippen LogP contribution < -0.4 is 10.5 Å². The molecule has 1 saturated carbocycles. The first kappa shape index (κ1) is 15.2. The molecule has 0 aromatic heterocycles. The molecule has 0 bridgehead atoms. The number of benzene rings is 1. The molecule has 0 unspecified atom stereocenters. The molecule has 0 heterocycles. The van der Waals surface area contributed by atoms with Crippen LogP contribution in [0.4, 0.5) is 4.39 Å². The van der Waals surface area contributed by atoms with Crippen LogP contribution in [0.1, 0.15) is 30.9 Å². The molecule has 0 saturated heterocycles. The van der Waals surface area contributed by atoms with Gasteiger partial charge < -0.3 is 15.6 Å². The molecule has 2 atom stereocenters. The van der Waals surface area contributed by atoms with Crippen LogP contribution >= 0.6 is 12.4 Å². The lowest BCUT2D eigenvalue weighted by Gasteiger charge is -2.34. The highest BCUT2D eigenvalue weighted by molar-refractivity contribution is 5.85. The zero-order valence-corrected chi connectivity index (χ0v) is 11.1. The van der Waals surface area contributed by atoms with Crippen molar-refractivity contribution in [1.82, 2.24) is 0 Å². The number of aliphatic hydroxyl groups excluding tert-OH is 1. The summed E-state index contributed by atoms with van der Waals surface area (Å²) in [5, 5.41) is 10.1. The number of halogens is 2. The van der Waals surface area contributed by atoms with Gasteiger partial charge in [-0.3, -0.25) is 0 Å². The van der Waals surface area contributed by atoms with Gasteiger partial charge in [-0.25, -0.2) is 4.39 Å². The third-order valence-electron chi connectivity index (χ3n) is 3.56. The van der Waals surface area contributed by atoms with Crippen molar-refractivity contribution in [3.05, 3.63) is 29.6 Å². The van der Waals surface area contributed by atoms with E-state index >= 15 is 0 Å². The predicted molar refractivity (Wildman–Crippen MR) is 70.5 cm³/mol. The average Bonchev–Trinajstić information content (AvgIpc) is 2.25. The van der Waals surface area contributed by atoms with E-state index in [1.54, 1.807) is 6.07 Å². The first-order chi connectivity index (χ1) is 8.13. The molecule has 102 valence electrons. The maximum Gasteiger partial charge on any atom is 0.126 e. The maximum absolute atomic E-state index is 13.1. The van der Waals surface area contributed by atoms with Crippen molar-refractivity contribution in [3.8, 4) is 5.75 Å². The van der Waals surface area contributed by atoms with Crippen molar-refractivity contribution >= 4 is 12.4 Å². The van der Waals surface area contributed by atoms with E-state index < -0.39 is 12.1 Å². The largest absolute Gasteiger partial charge is 0.496 e. The molecule has 0 aliphatic heterocycles. The average molecular weight is 276 g/mol. The molecule has 1 aliphatic rings. The number of hydrogen-bond acceptors (Lipinski definition) is 3. The van der Waals surface area contributed by atoms with Crippen molar-refractivity contribution in [1.29, 1.82) is 0 Å². The number of hydrogen-bond donors (Lipinski definition) is 2. The van der Waals surface area contributed by atoms with Crippen LogP contribution in [-0.4, -0.2) is 18.3 Å². The van der Waals surface area contributed by atoms with Crippen molar-refractivity contribution in [2.24, 2.45) is 11.7 Å². The van der Waals surface area contributed by atoms with E-state index in [4.69, 9.17) is 10.5 Å². The normalized spacial score (nSPS) is 18.4. The third-order valence-corrected chi connectivity index (χ3v) is 3.56. The standard InChI is InChI=1S/C13H18FNO2.ClH/c1-17-11-7-9(14)5-6-10(11)12(15)13(16)8-3-2-4-8;/h5-8,12-13,16H,2-4,15H2,1H3;1H/t12-,13+;/m0./s1. The molecule has 0 radical (unpaired) electrons. The second-order valence-electron chi connectivity index (χ2n) is 4.59. The van der Waals surface area contributed by atoms with Gasteiger partial charge in [0.25, 0.3) is 0 Å². The fraction of sp³-hybridized carbons (Fsp3) is 0.538. The predicted octanol–water partition coefficient (Wildman–Crippen LogP) is 2.42. The van der Waals surface area contributed by atoms with Gasteiger partial charge >= 0.3 is 0 Å². The summed E-state index contributed by atoms with van der Waals surface area (Å²) < 4.78 is 18.1. The van der Waals surface area contributed by atoms with Gasteiger partial charge in [-0.1, -0.05) is 12.5 Å². The summed E-state index contributed by atoms with van der Waals surface area (Å²) in [6.45, 7) is 0. The summed E-state index contributed by atoms with van der Waals surface area (Å²) in [6.07, 6.45) is 2.59. The van der Waals surface area contributed by atoms with E-state index in [1.807, 2.05) is 0 Å². The molecular weight excluding hydrogens is 257 g/mol. The number of ether oxygens (including phenoxy) is 1. The minimum absolute atomic E-state index is 0. The highest BCUT2D eigenvalue weighted by Crippen LogP contribution is 2.36. The Balaban J connectivity index is 0.00000162. The van der Waals surface area contributed by atoms with Gasteiger partial charge in [0.05, 0.1) is 19.3 Å². The fourth-order valence-corrected chi connectivity index (χ4v) is 2.22. The second kappa shape index (κ2) is 6.36. The molecule has 0 spiro atoms. The summed E-state index contributed by atoms with van der Waals surface area (Å²) >= 11 is 0. The molecule has 3 nitrogen and oxygen atoms in total. The maximum atomic E-state index is 13.1. The summed E-state index contributed by atoms with van der Waals surface area (Å²) in [4.78, 5) is 0. The lowest BCUT2D eigenvalue weighted by Crippen LogP contribution is -2.36. The van der Waals surface area contributed by atoms with Crippen molar-refractivity contribution < 1.29 is 14.2 Å². The van der Waals surface area contributed by atoms with Gasteiger partial charge in [0.2, 0.25) is 0 Å². The Labute approximate surface area is 113 Å². The van der Waals surface area contributed by atoms with Crippen molar-refractivity contribution in [2.75, 3.05) is 7.11 Å². The Bertz CT molecular complexity index is 399. The van der Waals surface area contributed by atoms with Crippen LogP contribution in [0.5, 0.6) is 5.75 Å². The van der Waals surface area contributed by atoms with Crippen LogP contribution in [0.2, 0.25) is 0 Å². The minimum Gasteiger partial charge on any atom is -0.496 e. The molecule has 5 heteroatoms. The molecule has 18 heavy (non-hydrogen) atoms. The zero-order chi connectivity index (χ0) is 12.4. The molecule has 1 fully saturated rings. The van der Waals surface area contributed by atoms with E-state index in [0.29, 0.717) is 11.3 Å². The monoisotopic (exact) mass is 275 g/mol. The van der Waals surface area contributed by atoms with Gasteiger partial charge in [-0.2, -0.15) is 0 Å². The smallest absolute Gasteiger partial charge is 0.126 e. The summed E-state index contributed by atoms with van der Waals surface area (Å²) in [6, 6.07) is 3.70. The van der Waals surface area contributed by atoms with Crippen LogP contribution in [-0.2, 0) is 0 Å². The molecule has 1 aromatic carbocycles. The Kier molecular flexibility index (Phi) is 5.38. The minimum atomic E-state index is -0.580. The fourth-order valence-electron chi connectivity index (χ4n) is 2.22. The first-order valence-corrected chi connectivity index (χ1v) is 5.90. The molecule has 1 aliphatic carbocycles. The highest BCUT2D eigenvalue weighted by atomic mass is 35.5. The van der Waals surface area contributed by atoms with E-state index in [0.717, 1.165) is 19.3 Å². The van der Waals surface area contributed by atoms with Crippen LogP contribution in [0.3, 0.4) is 0 Å². The zero-order valence-electron chi connectivity index (χ0n) is 10.3. The van der Waals surface area contributed by atoms with Crippen LogP contribution in [0.15, 0.2) is 18.2 Å². The van der Waals surface area contributed by atoms with Crippen molar-refractivity contribution in [3.63, 3.8) is 0 Å². The lowest BCUT2D eigenvalue weighted by atomic mass is 9.77. The van der Waals surface area contributed by atoms with Gasteiger partial charge in [0.1, 0.15) is 11.6 Å². The summed E-state index contributed by atoms with van der Waals surface area (Å²) in [7, 11) is 1.47. The van der Waals surface area contributed by atoms with E-state index in [1.165, 1.54) is 19.2 Å². The molecule has 1 aromatic rings. The topological polar surface area (TPSA) is 55.5 Å². The summed E-state index contributed by atoms with van der Waals surface area (Å²) in [5.41, 5.74) is 6.68. The number of methoxy groups -OCH3 is 1. The van der Waals surface area contributed by atoms with Gasteiger partial charge in [-0.15, -0.1) is 12.4 Å². The molecular formula is C13H19ClFNO2. The first-order valence-electron chi connectivity index (χ1n) is 5.90. The SMILES string of the molecule is COc1cc(F)ccc1[C@H](N)[C@H](O)C1CCC1.Cl. The van der Waals surface area contributed by atoms with Gasteiger partial charge in [0, 0.05) is 11.6 Å². The van der Waals surface area contributed by atoms with E-state index in [2.05, 4.69) is 0 Å². The van der Waals surface area contributed by atoms with E-state index in [9.17, 15) is 9.50 Å². The molecule has 2 rings (SSSR count). The third kappa shape index (κ3) is 2.94. The number of rotatable bonds is 4. The Hall–Kier alpha value is -0.840. The number of aliphatic hydroxyl groups is 1. The van der Waals surface area contributed by atoms with Crippen molar-refractivity contribution in [2.45, 2.75) is 31.4 Å². The lowest BCUT2D eigenvalue weighted by molar-refractivity contribution is 0.0407. The highest BCUT2D eigenvalue weighted by Gasteiger charge is 2.31. The Morgan fingerprint density at radius 2 is 2.11 bits per heavy atom.